The van der Waals surface area contributed by atoms with Crippen LogP contribution >= 0.6 is 11.6 Å². The van der Waals surface area contributed by atoms with Crippen molar-refractivity contribution in [1.82, 2.24) is 15.0 Å². The summed E-state index contributed by atoms with van der Waals surface area (Å²) in [6, 6.07) is 9.86. The smallest absolute Gasteiger partial charge is 0.406 e. The highest BCUT2D eigenvalue weighted by Crippen LogP contribution is 2.33. The maximum Gasteiger partial charge on any atom is 0.573 e. The van der Waals surface area contributed by atoms with Crippen LogP contribution in [0.1, 0.15) is 22.8 Å². The number of rotatable bonds is 5. The van der Waals surface area contributed by atoms with Crippen LogP contribution in [0.4, 0.5) is 13.2 Å². The van der Waals surface area contributed by atoms with Gasteiger partial charge in [-0.3, -0.25) is 4.79 Å². The minimum Gasteiger partial charge on any atom is -0.406 e. The number of nitrogens with zero attached hydrogens (tertiary/aromatic N) is 4. The molecule has 2 aromatic carbocycles. The molecule has 0 aliphatic rings. The van der Waals surface area contributed by atoms with Gasteiger partial charge in [-0.1, -0.05) is 11.6 Å². The Kier molecular flexibility index (Phi) is 5.11. The second-order valence-electron chi connectivity index (χ2n) is 6.43. The van der Waals surface area contributed by atoms with Crippen molar-refractivity contribution in [2.75, 3.05) is 0 Å². The number of primary amides is 1. The number of nitriles is 1. The van der Waals surface area contributed by atoms with Gasteiger partial charge in [-0.15, -0.1) is 13.2 Å². The van der Waals surface area contributed by atoms with Gasteiger partial charge in [-0.25, -0.2) is 0 Å². The van der Waals surface area contributed by atoms with Gasteiger partial charge in [0, 0.05) is 10.6 Å². The van der Waals surface area contributed by atoms with E-state index < -0.39 is 23.4 Å². The van der Waals surface area contributed by atoms with Crippen molar-refractivity contribution < 1.29 is 22.7 Å². The molecule has 0 radical (unpaired) electrons. The van der Waals surface area contributed by atoms with E-state index in [1.807, 2.05) is 6.07 Å². The van der Waals surface area contributed by atoms with Gasteiger partial charge in [-0.05, 0) is 48.9 Å². The first-order valence-electron chi connectivity index (χ1n) is 8.12. The fourth-order valence-electron chi connectivity index (χ4n) is 2.86. The summed E-state index contributed by atoms with van der Waals surface area (Å²) in [6.45, 7) is 1.28. The summed E-state index contributed by atoms with van der Waals surface area (Å²) in [6.07, 6.45) is -4.94. The molecule has 7 nitrogen and oxygen atoms in total. The van der Waals surface area contributed by atoms with E-state index >= 15 is 0 Å². The number of halogens is 4. The Labute approximate surface area is 167 Å². The number of hydrogen-bond acceptors (Lipinski definition) is 5. The maximum atomic E-state index is 12.6. The van der Waals surface area contributed by atoms with E-state index in [9.17, 15) is 23.2 Å². The Bertz CT molecular complexity index is 1140. The number of benzene rings is 2. The van der Waals surface area contributed by atoms with Crippen molar-refractivity contribution in [1.29, 1.82) is 5.26 Å². The number of hydrogen-bond donors (Lipinski definition) is 1. The maximum absolute atomic E-state index is 12.6. The summed E-state index contributed by atoms with van der Waals surface area (Å²) < 4.78 is 41.7. The molecule has 29 heavy (non-hydrogen) atoms. The number of alkyl halides is 3. The normalized spacial score (nSPS) is 13.7. The number of aromatic nitrogens is 3. The van der Waals surface area contributed by atoms with Gasteiger partial charge < -0.3 is 10.5 Å². The predicted octanol–water partition coefficient (Wildman–Crippen LogP) is 3.56. The molecule has 11 heteroatoms. The lowest BCUT2D eigenvalue weighted by Gasteiger charge is -2.24. The lowest BCUT2D eigenvalue weighted by atomic mass is 9.81. The second kappa shape index (κ2) is 7.25. The van der Waals surface area contributed by atoms with Crippen molar-refractivity contribution in [2.24, 2.45) is 5.73 Å². The summed E-state index contributed by atoms with van der Waals surface area (Å²) in [5.41, 5.74) is 4.70. The van der Waals surface area contributed by atoms with Crippen LogP contribution in [0.5, 0.6) is 5.75 Å². The lowest BCUT2D eigenvalue weighted by Crippen LogP contribution is -2.31. The van der Waals surface area contributed by atoms with Crippen LogP contribution in [-0.2, 0) is 12.0 Å². The van der Waals surface area contributed by atoms with Gasteiger partial charge in [0.05, 0.1) is 12.6 Å². The predicted molar refractivity (Wildman–Crippen MR) is 97.1 cm³/mol. The number of nitrogens with two attached hydrogens (primary N) is 1. The zero-order valence-electron chi connectivity index (χ0n) is 14.9. The van der Waals surface area contributed by atoms with Crippen molar-refractivity contribution in [3.63, 3.8) is 0 Å². The van der Waals surface area contributed by atoms with Crippen LogP contribution in [0.15, 0.2) is 36.4 Å². The number of ether oxygens (including phenoxy) is 1. The number of carbonyl (C=O) groups is 1. The van der Waals surface area contributed by atoms with Crippen LogP contribution in [0.25, 0.3) is 11.0 Å². The molecule has 1 heterocycles. The number of amides is 1. The van der Waals surface area contributed by atoms with E-state index in [1.54, 1.807) is 18.2 Å². The van der Waals surface area contributed by atoms with E-state index in [-0.39, 0.29) is 17.7 Å². The molecule has 0 fully saturated rings. The Balaban J connectivity index is 2.06. The van der Waals surface area contributed by atoms with Gasteiger partial charge in [0.15, 0.2) is 0 Å². The van der Waals surface area contributed by atoms with Gasteiger partial charge in [0.2, 0.25) is 5.91 Å². The average Bonchev–Trinajstić information content (AvgIpc) is 3.01. The first-order chi connectivity index (χ1) is 13.5. The molecule has 0 aliphatic heterocycles. The Morgan fingerprint density at radius 2 is 1.93 bits per heavy atom. The minimum absolute atomic E-state index is 0.0337. The van der Waals surface area contributed by atoms with Crippen LogP contribution in [0, 0.1) is 11.3 Å². The highest BCUT2D eigenvalue weighted by molar-refractivity contribution is 6.31. The van der Waals surface area contributed by atoms with E-state index in [0.29, 0.717) is 16.1 Å². The Morgan fingerprint density at radius 1 is 1.24 bits per heavy atom. The fraction of sp³-hybridized carbons (Fsp3) is 0.222. The van der Waals surface area contributed by atoms with Gasteiger partial charge in [0.1, 0.15) is 22.2 Å². The summed E-state index contributed by atoms with van der Waals surface area (Å²) in [7, 11) is 0. The summed E-state index contributed by atoms with van der Waals surface area (Å²) in [5.74, 6) is -1.48. The zero-order valence-corrected chi connectivity index (χ0v) is 15.6. The quantitative estimate of drug-likeness (QED) is 0.675. The third-order valence-corrected chi connectivity index (χ3v) is 4.41. The molecule has 0 aliphatic carbocycles. The highest BCUT2D eigenvalue weighted by atomic mass is 35.5. The van der Waals surface area contributed by atoms with E-state index in [1.165, 1.54) is 11.7 Å². The van der Waals surface area contributed by atoms with Crippen LogP contribution < -0.4 is 10.5 Å². The molecule has 2 N–H and O–H groups in total. The molecule has 0 saturated heterocycles. The zero-order chi connectivity index (χ0) is 21.4. The third-order valence-electron chi connectivity index (χ3n) is 4.17. The molecule has 1 aromatic heterocycles. The first kappa shape index (κ1) is 20.4. The molecular formula is C18H13ClF3N5O2. The van der Waals surface area contributed by atoms with E-state index in [4.69, 9.17) is 17.3 Å². The number of fused-ring (bicyclic) bond motifs is 1. The summed E-state index contributed by atoms with van der Waals surface area (Å²) in [5, 5.41) is 18.7. The van der Waals surface area contributed by atoms with Gasteiger partial charge in [0.25, 0.3) is 0 Å². The SMILES string of the molecule is CC(C#N)(Cn1nc2ccc(Cl)cc2n1)c1cc(OC(F)(F)F)ccc1C(N)=O. The van der Waals surface area contributed by atoms with Crippen LogP contribution in [0.2, 0.25) is 5.02 Å². The standard InChI is InChI=1S/C18H13ClF3N5O2/c1-17(8-23,9-27-25-14-5-2-10(19)6-15(14)26-27)13-7-11(29-18(20,21)22)3-4-12(13)16(24)28/h2-7H,9H2,1H3,(H2,24,28). The molecule has 3 rings (SSSR count). The van der Waals surface area contributed by atoms with Crippen molar-refractivity contribution in [3.8, 4) is 11.8 Å². The Hall–Kier alpha value is -3.32. The molecule has 0 bridgehead atoms. The lowest BCUT2D eigenvalue weighted by molar-refractivity contribution is -0.274. The molecule has 0 spiro atoms. The van der Waals surface area contributed by atoms with Crippen molar-refractivity contribution in [3.05, 3.63) is 52.5 Å². The Morgan fingerprint density at radius 3 is 2.55 bits per heavy atom. The average molecular weight is 424 g/mol. The molecule has 150 valence electrons. The monoisotopic (exact) mass is 423 g/mol. The fourth-order valence-corrected chi connectivity index (χ4v) is 3.02. The molecule has 1 amide bonds. The van der Waals surface area contributed by atoms with Crippen molar-refractivity contribution >= 4 is 28.5 Å². The van der Waals surface area contributed by atoms with Crippen LogP contribution in [0.3, 0.4) is 0 Å². The molecule has 0 saturated carbocycles. The van der Waals surface area contributed by atoms with Gasteiger partial charge >= 0.3 is 6.36 Å². The largest absolute Gasteiger partial charge is 0.573 e. The van der Waals surface area contributed by atoms with Crippen LogP contribution in [-0.4, -0.2) is 27.3 Å². The molecular weight excluding hydrogens is 411 g/mol. The van der Waals surface area contributed by atoms with E-state index in [0.717, 1.165) is 18.2 Å². The second-order valence-corrected chi connectivity index (χ2v) is 6.86. The highest BCUT2D eigenvalue weighted by Gasteiger charge is 2.35. The molecule has 1 atom stereocenters. The first-order valence-corrected chi connectivity index (χ1v) is 8.50. The minimum atomic E-state index is -4.94. The topological polar surface area (TPSA) is 107 Å². The van der Waals surface area contributed by atoms with Crippen molar-refractivity contribution in [2.45, 2.75) is 25.2 Å². The summed E-state index contributed by atoms with van der Waals surface area (Å²) in [4.78, 5) is 13.0. The third kappa shape index (κ3) is 4.41. The van der Waals surface area contributed by atoms with Gasteiger partial charge in [-0.2, -0.15) is 20.3 Å². The number of carbonyl (C=O) groups excluding carboxylic acids is 1. The summed E-state index contributed by atoms with van der Waals surface area (Å²) >= 11 is 5.92. The molecule has 3 aromatic rings. The molecule has 1 unspecified atom stereocenters. The van der Waals surface area contributed by atoms with E-state index in [2.05, 4.69) is 14.9 Å².